The summed E-state index contributed by atoms with van der Waals surface area (Å²) in [5.74, 6) is 1.44. The summed E-state index contributed by atoms with van der Waals surface area (Å²) in [5, 5.41) is 1.19. The molecular weight excluding hydrogens is 416 g/mol. The smallest absolute Gasteiger partial charge is 0.255 e. The largest absolute Gasteiger partial charge is 0.486 e. The minimum atomic E-state index is -0.0785. The van der Waals surface area contributed by atoms with Crippen molar-refractivity contribution in [3.05, 3.63) is 58.8 Å². The number of amides is 1. The molecule has 0 bridgehead atoms. The lowest BCUT2D eigenvalue weighted by Crippen LogP contribution is -2.40. The van der Waals surface area contributed by atoms with Gasteiger partial charge in [-0.2, -0.15) is 0 Å². The molecule has 1 aliphatic carbocycles. The molecular formula is C27H28N2O4. The van der Waals surface area contributed by atoms with Crippen LogP contribution in [0.3, 0.4) is 0 Å². The quantitative estimate of drug-likeness (QED) is 0.602. The van der Waals surface area contributed by atoms with E-state index in [1.54, 1.807) is 6.07 Å². The van der Waals surface area contributed by atoms with Gasteiger partial charge in [0, 0.05) is 35.7 Å². The topological polar surface area (TPSA) is 71.6 Å². The number of nitrogens with zero attached hydrogens (tertiary/aromatic N) is 1. The van der Waals surface area contributed by atoms with Crippen molar-refractivity contribution in [1.82, 2.24) is 9.88 Å². The van der Waals surface area contributed by atoms with E-state index in [1.807, 2.05) is 29.2 Å². The first-order valence-corrected chi connectivity index (χ1v) is 12.0. The van der Waals surface area contributed by atoms with Gasteiger partial charge in [-0.3, -0.25) is 9.59 Å². The molecule has 3 aliphatic rings. The highest BCUT2D eigenvalue weighted by molar-refractivity contribution is 6.07. The molecule has 1 amide bonds. The van der Waals surface area contributed by atoms with Crippen LogP contribution >= 0.6 is 0 Å². The maximum absolute atomic E-state index is 13.4. The number of nitrogens with one attached hydrogen (secondary N) is 1. The number of hydrogen-bond acceptors (Lipinski definition) is 4. The van der Waals surface area contributed by atoms with Crippen LogP contribution in [0.25, 0.3) is 10.9 Å². The van der Waals surface area contributed by atoms with Crippen LogP contribution in [0.1, 0.15) is 57.7 Å². The van der Waals surface area contributed by atoms with E-state index in [0.29, 0.717) is 56.2 Å². The Morgan fingerprint density at radius 3 is 2.58 bits per heavy atom. The summed E-state index contributed by atoms with van der Waals surface area (Å²) >= 11 is 0. The zero-order chi connectivity index (χ0) is 22.4. The molecule has 170 valence electrons. The van der Waals surface area contributed by atoms with Crippen LogP contribution in [-0.2, 0) is 12.8 Å². The number of aromatic nitrogens is 1. The third kappa shape index (κ3) is 3.58. The van der Waals surface area contributed by atoms with Gasteiger partial charge in [0.05, 0.1) is 11.1 Å². The van der Waals surface area contributed by atoms with Gasteiger partial charge in [-0.05, 0) is 68.4 Å². The molecule has 2 aliphatic heterocycles. The Kier molecular flexibility index (Phi) is 5.08. The van der Waals surface area contributed by atoms with Gasteiger partial charge in [-0.25, -0.2) is 0 Å². The molecule has 1 N–H and O–H groups in total. The number of hydrogen-bond donors (Lipinski definition) is 1. The van der Waals surface area contributed by atoms with Crippen molar-refractivity contribution >= 4 is 22.6 Å². The number of para-hydroxylation sites is 1. The van der Waals surface area contributed by atoms with E-state index in [-0.39, 0.29) is 17.6 Å². The molecule has 6 heteroatoms. The highest BCUT2D eigenvalue weighted by Crippen LogP contribution is 2.34. The van der Waals surface area contributed by atoms with Crippen LogP contribution in [0.5, 0.6) is 11.5 Å². The molecule has 1 fully saturated rings. The van der Waals surface area contributed by atoms with E-state index >= 15 is 0 Å². The third-order valence-corrected chi connectivity index (χ3v) is 7.34. The summed E-state index contributed by atoms with van der Waals surface area (Å²) in [7, 11) is 0. The van der Waals surface area contributed by atoms with E-state index in [4.69, 9.17) is 9.47 Å². The number of carbonyl (C=O) groups excluding carboxylic acids is 2. The predicted molar refractivity (Wildman–Crippen MR) is 125 cm³/mol. The summed E-state index contributed by atoms with van der Waals surface area (Å²) in [4.78, 5) is 32.0. The molecule has 0 radical (unpaired) electrons. The number of likely N-dealkylation sites (tertiary alicyclic amines) is 1. The molecule has 0 saturated carbocycles. The van der Waals surface area contributed by atoms with Crippen LogP contribution in [0.15, 0.2) is 36.4 Å². The number of rotatable bonds is 3. The summed E-state index contributed by atoms with van der Waals surface area (Å²) in [6.07, 6.45) is 5.91. The third-order valence-electron chi connectivity index (χ3n) is 7.34. The van der Waals surface area contributed by atoms with Gasteiger partial charge in [0.1, 0.15) is 13.2 Å². The zero-order valence-electron chi connectivity index (χ0n) is 18.7. The second-order valence-corrected chi connectivity index (χ2v) is 9.31. The summed E-state index contributed by atoms with van der Waals surface area (Å²) in [6.45, 7) is 2.22. The Morgan fingerprint density at radius 2 is 1.73 bits per heavy atom. The minimum absolute atomic E-state index is 0.0597. The summed E-state index contributed by atoms with van der Waals surface area (Å²) < 4.78 is 11.2. The van der Waals surface area contributed by atoms with Crippen molar-refractivity contribution < 1.29 is 19.1 Å². The zero-order valence-corrected chi connectivity index (χ0v) is 18.7. The number of piperidine rings is 1. The number of H-pyrrole nitrogens is 1. The first-order chi connectivity index (χ1) is 16.2. The molecule has 33 heavy (non-hydrogen) atoms. The monoisotopic (exact) mass is 444 g/mol. The van der Waals surface area contributed by atoms with Crippen LogP contribution in [0.4, 0.5) is 0 Å². The number of aryl methyl sites for hydroxylation is 2. The molecule has 1 saturated heterocycles. The number of Topliss-reactive ketones (excluding diaryl/α,β-unsaturated/α-hetero) is 1. The lowest BCUT2D eigenvalue weighted by molar-refractivity contribution is 0.0651. The van der Waals surface area contributed by atoms with E-state index in [2.05, 4.69) is 11.1 Å². The molecule has 0 unspecified atom stereocenters. The molecule has 0 atom stereocenters. The van der Waals surface area contributed by atoms with Crippen molar-refractivity contribution in [2.75, 3.05) is 26.3 Å². The van der Waals surface area contributed by atoms with Gasteiger partial charge < -0.3 is 19.4 Å². The summed E-state index contributed by atoms with van der Waals surface area (Å²) in [5.41, 5.74) is 5.06. The van der Waals surface area contributed by atoms with Crippen LogP contribution in [0, 0.1) is 5.92 Å². The van der Waals surface area contributed by atoms with E-state index < -0.39 is 0 Å². The van der Waals surface area contributed by atoms with Crippen LogP contribution < -0.4 is 9.47 Å². The van der Waals surface area contributed by atoms with Crippen molar-refractivity contribution in [1.29, 1.82) is 0 Å². The van der Waals surface area contributed by atoms with Crippen molar-refractivity contribution in [3.8, 4) is 11.5 Å². The van der Waals surface area contributed by atoms with E-state index in [1.165, 1.54) is 29.5 Å². The Hall–Kier alpha value is -3.28. The number of carbonyl (C=O) groups is 2. The van der Waals surface area contributed by atoms with Crippen molar-refractivity contribution in [2.24, 2.45) is 5.92 Å². The fourth-order valence-electron chi connectivity index (χ4n) is 5.56. The molecule has 3 heterocycles. The second kappa shape index (κ2) is 8.25. The number of ketones is 1. The van der Waals surface area contributed by atoms with Gasteiger partial charge in [-0.1, -0.05) is 12.1 Å². The lowest BCUT2D eigenvalue weighted by Gasteiger charge is -2.31. The van der Waals surface area contributed by atoms with Gasteiger partial charge in [0.25, 0.3) is 5.91 Å². The first kappa shape index (κ1) is 20.3. The Labute approximate surface area is 192 Å². The Bertz CT molecular complexity index is 1240. The Morgan fingerprint density at radius 1 is 0.939 bits per heavy atom. The van der Waals surface area contributed by atoms with Crippen LogP contribution in [-0.4, -0.2) is 47.9 Å². The van der Waals surface area contributed by atoms with Crippen molar-refractivity contribution in [3.63, 3.8) is 0 Å². The first-order valence-electron chi connectivity index (χ1n) is 12.0. The van der Waals surface area contributed by atoms with Gasteiger partial charge >= 0.3 is 0 Å². The standard InChI is InChI=1S/C27H28N2O4/c30-26(18-8-9-23-24(16-18)33-15-14-32-23)17-10-12-29(13-11-17)27(31)21-6-3-5-20-19-4-1-2-7-22(19)28-25(20)21/h3,5-6,8-9,16-17,28H,1-2,4,7,10-15H2. The molecule has 6 nitrogen and oxygen atoms in total. The lowest BCUT2D eigenvalue weighted by atomic mass is 9.88. The fourth-order valence-corrected chi connectivity index (χ4v) is 5.56. The minimum Gasteiger partial charge on any atom is -0.486 e. The number of ether oxygens (including phenoxy) is 2. The molecule has 3 aromatic rings. The summed E-state index contributed by atoms with van der Waals surface area (Å²) in [6, 6.07) is 11.5. The maximum Gasteiger partial charge on any atom is 0.255 e. The number of benzene rings is 2. The average molecular weight is 445 g/mol. The Balaban J connectivity index is 1.17. The highest BCUT2D eigenvalue weighted by atomic mass is 16.6. The molecule has 0 spiro atoms. The van der Waals surface area contributed by atoms with E-state index in [0.717, 1.165) is 23.9 Å². The number of fused-ring (bicyclic) bond motifs is 4. The van der Waals surface area contributed by atoms with Crippen LogP contribution in [0.2, 0.25) is 0 Å². The highest BCUT2D eigenvalue weighted by Gasteiger charge is 2.30. The number of aromatic amines is 1. The molecule has 1 aromatic heterocycles. The SMILES string of the molecule is O=C(c1ccc2c(c1)OCCO2)C1CCN(C(=O)c2cccc3c4c([nH]c23)CCCC4)CC1. The van der Waals surface area contributed by atoms with Gasteiger partial charge in [0.15, 0.2) is 17.3 Å². The van der Waals surface area contributed by atoms with E-state index in [9.17, 15) is 9.59 Å². The molecule has 2 aromatic carbocycles. The fraction of sp³-hybridized carbons (Fsp3) is 0.407. The maximum atomic E-state index is 13.4. The average Bonchev–Trinajstić information content (AvgIpc) is 3.26. The normalized spacial score (nSPS) is 18.2. The molecule has 6 rings (SSSR count). The van der Waals surface area contributed by atoms with Gasteiger partial charge in [0.2, 0.25) is 0 Å². The predicted octanol–water partition coefficient (Wildman–Crippen LogP) is 4.55. The second-order valence-electron chi connectivity index (χ2n) is 9.31. The van der Waals surface area contributed by atoms with Crippen molar-refractivity contribution in [2.45, 2.75) is 38.5 Å². The van der Waals surface area contributed by atoms with Gasteiger partial charge in [-0.15, -0.1) is 0 Å².